The molecule has 0 saturated heterocycles. The summed E-state index contributed by atoms with van der Waals surface area (Å²) in [5.41, 5.74) is 2.60. The number of para-hydroxylation sites is 1. The first-order chi connectivity index (χ1) is 16.1. The van der Waals surface area contributed by atoms with Gasteiger partial charge >= 0.3 is 0 Å². The number of likely N-dealkylation sites (N-methyl/N-ethyl adjacent to an activating group) is 1. The molecule has 0 atom stereocenters. The van der Waals surface area contributed by atoms with Crippen molar-refractivity contribution in [3.8, 4) is 11.5 Å². The van der Waals surface area contributed by atoms with Crippen LogP contribution in [0, 0.1) is 0 Å². The average Bonchev–Trinajstić information content (AvgIpc) is 3.24. The number of aromatic nitrogens is 2. The fraction of sp³-hybridized carbons (Fsp3) is 0.240. The number of fused-ring (bicyclic) bond motifs is 1. The predicted molar refractivity (Wildman–Crippen MR) is 128 cm³/mol. The van der Waals surface area contributed by atoms with Crippen LogP contribution in [0.1, 0.15) is 21.7 Å². The number of carbonyl (C=O) groups excluding carboxylic acids is 1. The van der Waals surface area contributed by atoms with Crippen LogP contribution in [-0.2, 0) is 12.2 Å². The summed E-state index contributed by atoms with van der Waals surface area (Å²) in [5, 5.41) is 1.58. The number of hydrogen-bond acceptors (Lipinski definition) is 7. The molecule has 4 aromatic rings. The van der Waals surface area contributed by atoms with E-state index in [1.165, 1.54) is 11.8 Å². The van der Waals surface area contributed by atoms with Crippen LogP contribution in [0.2, 0.25) is 0 Å². The van der Waals surface area contributed by atoms with Gasteiger partial charge in [0.05, 0.1) is 14.2 Å². The summed E-state index contributed by atoms with van der Waals surface area (Å²) in [7, 11) is 5.00. The normalized spacial score (nSPS) is 10.9. The molecule has 0 spiro atoms. The smallest absolute Gasteiger partial charge is 0.289 e. The monoisotopic (exact) mass is 463 g/mol. The lowest BCUT2D eigenvalue weighted by atomic mass is 10.1. The molecule has 2 aromatic carbocycles. The van der Waals surface area contributed by atoms with E-state index >= 15 is 0 Å². The lowest BCUT2D eigenvalue weighted by molar-refractivity contribution is 0.0766. The zero-order chi connectivity index (χ0) is 23.2. The molecule has 0 N–H and O–H groups in total. The summed E-state index contributed by atoms with van der Waals surface area (Å²) >= 11 is 1.48. The van der Waals surface area contributed by atoms with Crippen LogP contribution in [0.5, 0.6) is 11.5 Å². The maximum Gasteiger partial charge on any atom is 0.289 e. The van der Waals surface area contributed by atoms with E-state index < -0.39 is 0 Å². The second-order valence-corrected chi connectivity index (χ2v) is 8.33. The lowest BCUT2D eigenvalue weighted by Crippen LogP contribution is -2.29. The van der Waals surface area contributed by atoms with Gasteiger partial charge in [0.25, 0.3) is 5.91 Å². The number of carbonyl (C=O) groups is 1. The summed E-state index contributed by atoms with van der Waals surface area (Å²) in [6.45, 7) is 0.528. The van der Waals surface area contributed by atoms with E-state index in [1.54, 1.807) is 44.6 Å². The SMILES string of the molecule is COc1ccc(CCN(C)C(=O)c2oc3ccccc3c2CSc2ncccn2)cc1OC. The van der Waals surface area contributed by atoms with Gasteiger partial charge in [0.2, 0.25) is 0 Å². The van der Waals surface area contributed by atoms with Crippen molar-refractivity contribution in [2.24, 2.45) is 0 Å². The average molecular weight is 464 g/mol. The number of rotatable bonds is 9. The van der Waals surface area contributed by atoms with Gasteiger partial charge in [-0.05, 0) is 36.2 Å². The first-order valence-electron chi connectivity index (χ1n) is 10.5. The van der Waals surface area contributed by atoms with Crippen LogP contribution in [0.3, 0.4) is 0 Å². The summed E-state index contributed by atoms with van der Waals surface area (Å²) in [6.07, 6.45) is 4.08. The lowest BCUT2D eigenvalue weighted by Gasteiger charge is -2.17. The molecule has 8 heteroatoms. The van der Waals surface area contributed by atoms with Crippen LogP contribution in [0.4, 0.5) is 0 Å². The van der Waals surface area contributed by atoms with Crippen molar-refractivity contribution in [2.45, 2.75) is 17.3 Å². The second kappa shape index (κ2) is 10.4. The quantitative estimate of drug-likeness (QED) is 0.259. The molecule has 0 aliphatic carbocycles. The van der Waals surface area contributed by atoms with Crippen LogP contribution >= 0.6 is 11.8 Å². The van der Waals surface area contributed by atoms with Gasteiger partial charge in [0.15, 0.2) is 22.4 Å². The molecule has 0 unspecified atom stereocenters. The number of hydrogen-bond donors (Lipinski definition) is 0. The second-order valence-electron chi connectivity index (χ2n) is 7.39. The minimum Gasteiger partial charge on any atom is -0.493 e. The zero-order valence-corrected chi connectivity index (χ0v) is 19.6. The summed E-state index contributed by atoms with van der Waals surface area (Å²) in [6, 6.07) is 15.3. The molecule has 0 aliphatic heterocycles. The third kappa shape index (κ3) is 5.12. The Morgan fingerprint density at radius 3 is 2.55 bits per heavy atom. The van der Waals surface area contributed by atoms with Crippen molar-refractivity contribution in [3.63, 3.8) is 0 Å². The summed E-state index contributed by atoms with van der Waals surface area (Å²) < 4.78 is 16.7. The highest BCUT2D eigenvalue weighted by Crippen LogP contribution is 2.32. The molecule has 0 fully saturated rings. The van der Waals surface area contributed by atoms with Crippen LogP contribution in [0.25, 0.3) is 11.0 Å². The molecule has 33 heavy (non-hydrogen) atoms. The highest BCUT2D eigenvalue weighted by Gasteiger charge is 2.23. The van der Waals surface area contributed by atoms with Crippen LogP contribution < -0.4 is 9.47 Å². The van der Waals surface area contributed by atoms with Crippen molar-refractivity contribution < 1.29 is 18.7 Å². The minimum atomic E-state index is -0.156. The minimum absolute atomic E-state index is 0.156. The van der Waals surface area contributed by atoms with E-state index in [4.69, 9.17) is 13.9 Å². The highest BCUT2D eigenvalue weighted by molar-refractivity contribution is 7.98. The van der Waals surface area contributed by atoms with Crippen molar-refractivity contribution in [3.05, 3.63) is 77.8 Å². The van der Waals surface area contributed by atoms with E-state index in [0.717, 1.165) is 16.5 Å². The number of furan rings is 1. The van der Waals surface area contributed by atoms with Gasteiger partial charge in [-0.15, -0.1) is 0 Å². The molecule has 4 rings (SSSR count). The van der Waals surface area contributed by atoms with Crippen molar-refractivity contribution in [2.75, 3.05) is 27.8 Å². The van der Waals surface area contributed by atoms with Gasteiger partial charge in [-0.25, -0.2) is 9.97 Å². The molecular formula is C25H25N3O4S. The first-order valence-corrected chi connectivity index (χ1v) is 11.5. The molecule has 2 heterocycles. The standard InChI is InChI=1S/C25H25N3O4S/c1-28(14-11-17-9-10-21(30-2)22(15-17)31-3)24(29)23-19(16-33-25-26-12-6-13-27-25)18-7-4-5-8-20(18)32-23/h4-10,12-13,15H,11,14,16H2,1-3H3. The number of nitrogens with zero attached hydrogens (tertiary/aromatic N) is 3. The Hall–Kier alpha value is -3.52. The van der Waals surface area contributed by atoms with Crippen molar-refractivity contribution in [1.29, 1.82) is 0 Å². The van der Waals surface area contributed by atoms with E-state index in [-0.39, 0.29) is 5.91 Å². The Bertz CT molecular complexity index is 1240. The molecule has 1 amide bonds. The molecular weight excluding hydrogens is 438 g/mol. The Labute approximate surface area is 196 Å². The van der Waals surface area contributed by atoms with Gasteiger partial charge in [0.1, 0.15) is 5.58 Å². The maximum atomic E-state index is 13.3. The molecule has 0 bridgehead atoms. The Morgan fingerprint density at radius 2 is 1.79 bits per heavy atom. The largest absolute Gasteiger partial charge is 0.493 e. The fourth-order valence-corrected chi connectivity index (χ4v) is 4.35. The number of methoxy groups -OCH3 is 2. The Morgan fingerprint density at radius 1 is 1.03 bits per heavy atom. The molecule has 0 saturated carbocycles. The summed E-state index contributed by atoms with van der Waals surface area (Å²) in [4.78, 5) is 23.5. The maximum absolute atomic E-state index is 13.3. The number of thioether (sulfide) groups is 1. The third-order valence-corrected chi connectivity index (χ3v) is 6.21. The topological polar surface area (TPSA) is 77.7 Å². The highest BCUT2D eigenvalue weighted by atomic mass is 32.2. The van der Waals surface area contributed by atoms with Gasteiger partial charge in [-0.2, -0.15) is 0 Å². The number of ether oxygens (including phenoxy) is 2. The Kier molecular flexibility index (Phi) is 7.14. The molecule has 2 aromatic heterocycles. The van der Waals surface area contributed by atoms with E-state index in [1.807, 2.05) is 42.5 Å². The molecule has 0 aliphatic rings. The number of amides is 1. The van der Waals surface area contributed by atoms with Gasteiger partial charge in [0, 0.05) is 42.7 Å². The predicted octanol–water partition coefficient (Wildman–Crippen LogP) is 4.85. The van der Waals surface area contributed by atoms with E-state index in [0.29, 0.717) is 46.7 Å². The van der Waals surface area contributed by atoms with Gasteiger partial charge in [-0.3, -0.25) is 4.79 Å². The summed E-state index contributed by atoms with van der Waals surface area (Å²) in [5.74, 6) is 2.08. The first kappa shape index (κ1) is 22.7. The van der Waals surface area contributed by atoms with Gasteiger partial charge < -0.3 is 18.8 Å². The van der Waals surface area contributed by atoms with Gasteiger partial charge in [-0.1, -0.05) is 36.0 Å². The van der Waals surface area contributed by atoms with E-state index in [9.17, 15) is 4.79 Å². The van der Waals surface area contributed by atoms with Crippen molar-refractivity contribution in [1.82, 2.24) is 14.9 Å². The Balaban J connectivity index is 1.52. The zero-order valence-electron chi connectivity index (χ0n) is 18.8. The number of benzene rings is 2. The van der Waals surface area contributed by atoms with Crippen LogP contribution in [0.15, 0.2) is 70.5 Å². The molecule has 0 radical (unpaired) electrons. The molecule has 7 nitrogen and oxygen atoms in total. The van der Waals surface area contributed by atoms with E-state index in [2.05, 4.69) is 9.97 Å². The molecule has 170 valence electrons. The van der Waals surface area contributed by atoms with Crippen molar-refractivity contribution >= 4 is 28.6 Å². The fourth-order valence-electron chi connectivity index (χ4n) is 3.52. The third-order valence-electron chi connectivity index (χ3n) is 5.31. The van der Waals surface area contributed by atoms with Crippen LogP contribution in [-0.4, -0.2) is 48.6 Å².